The summed E-state index contributed by atoms with van der Waals surface area (Å²) in [7, 11) is 0. The van der Waals surface area contributed by atoms with Gasteiger partial charge in [0.2, 0.25) is 5.91 Å². The van der Waals surface area contributed by atoms with Crippen LogP contribution in [0.5, 0.6) is 0 Å². The van der Waals surface area contributed by atoms with E-state index in [9.17, 15) is 9.59 Å². The predicted octanol–water partition coefficient (Wildman–Crippen LogP) is 4.08. The number of anilines is 1. The third kappa shape index (κ3) is 3.69. The first kappa shape index (κ1) is 19.0. The largest absolute Gasteiger partial charge is 0.324 e. The van der Waals surface area contributed by atoms with Crippen LogP contribution < -0.4 is 10.9 Å². The molecule has 4 rings (SSSR count). The molecule has 0 spiro atoms. The molecule has 0 aliphatic rings. The van der Waals surface area contributed by atoms with Gasteiger partial charge in [0, 0.05) is 11.3 Å². The van der Waals surface area contributed by atoms with Crippen molar-refractivity contribution in [2.75, 3.05) is 5.32 Å². The summed E-state index contributed by atoms with van der Waals surface area (Å²) < 4.78 is 6.20. The summed E-state index contributed by atoms with van der Waals surface area (Å²) >= 11 is 1.11. The fourth-order valence-corrected chi connectivity index (χ4v) is 4.02. The Kier molecular flexibility index (Phi) is 4.98. The molecule has 0 unspecified atom stereocenters. The molecule has 0 aliphatic carbocycles. The number of rotatable bonds is 4. The number of benzene rings is 2. The van der Waals surface area contributed by atoms with Crippen LogP contribution in [0, 0.1) is 20.8 Å². The van der Waals surface area contributed by atoms with E-state index in [0.29, 0.717) is 15.9 Å². The third-order valence-corrected chi connectivity index (χ3v) is 5.66. The van der Waals surface area contributed by atoms with E-state index in [1.165, 1.54) is 10.9 Å². The minimum absolute atomic E-state index is 0.104. The molecular formula is C22H20N4O2S. The first-order valence-corrected chi connectivity index (χ1v) is 9.99. The lowest BCUT2D eigenvalue weighted by molar-refractivity contribution is -0.116. The Hall–Kier alpha value is -3.32. The van der Waals surface area contributed by atoms with Gasteiger partial charge in [-0.25, -0.2) is 4.98 Å². The summed E-state index contributed by atoms with van der Waals surface area (Å²) in [5.74, 6) is -0.270. The fraction of sp³-hybridized carbons (Fsp3) is 0.182. The van der Waals surface area contributed by atoms with Gasteiger partial charge in [0.15, 0.2) is 0 Å². The second-order valence-corrected chi connectivity index (χ2v) is 7.84. The van der Waals surface area contributed by atoms with Crippen molar-refractivity contribution in [1.82, 2.24) is 13.9 Å². The summed E-state index contributed by atoms with van der Waals surface area (Å²) in [5, 5.41) is 2.90. The molecule has 0 saturated carbocycles. The molecule has 0 atom stereocenters. The zero-order chi connectivity index (χ0) is 20.5. The third-order valence-electron chi connectivity index (χ3n) is 4.83. The highest BCUT2D eigenvalue weighted by Gasteiger charge is 2.16. The Balaban J connectivity index is 1.62. The molecule has 2 aromatic carbocycles. The van der Waals surface area contributed by atoms with Crippen molar-refractivity contribution in [2.24, 2.45) is 0 Å². The SMILES string of the molecule is Cc1ccc(-c2nsc3c(=O)n(CC(=O)Nc4c(C)cccc4C)cnc23)cc1. The number of fused-ring (bicyclic) bond motifs is 1. The van der Waals surface area contributed by atoms with Crippen LogP contribution >= 0.6 is 11.5 Å². The van der Waals surface area contributed by atoms with Crippen LogP contribution in [0.25, 0.3) is 21.5 Å². The monoisotopic (exact) mass is 404 g/mol. The van der Waals surface area contributed by atoms with Gasteiger partial charge in [0.25, 0.3) is 5.56 Å². The van der Waals surface area contributed by atoms with Crippen LogP contribution in [0.15, 0.2) is 53.6 Å². The number of nitrogens with zero attached hydrogens (tertiary/aromatic N) is 3. The highest BCUT2D eigenvalue weighted by Crippen LogP contribution is 2.27. The van der Waals surface area contributed by atoms with Gasteiger partial charge in [-0.1, -0.05) is 48.0 Å². The molecule has 2 aromatic heterocycles. The minimum atomic E-state index is -0.270. The number of amides is 1. The zero-order valence-electron chi connectivity index (χ0n) is 16.4. The van der Waals surface area contributed by atoms with Crippen molar-refractivity contribution in [2.45, 2.75) is 27.3 Å². The quantitative estimate of drug-likeness (QED) is 0.556. The number of hydrogen-bond donors (Lipinski definition) is 1. The van der Waals surface area contributed by atoms with Crippen molar-refractivity contribution in [3.8, 4) is 11.3 Å². The van der Waals surface area contributed by atoms with Crippen LogP contribution in [0.2, 0.25) is 0 Å². The van der Waals surface area contributed by atoms with Crippen molar-refractivity contribution in [3.63, 3.8) is 0 Å². The van der Waals surface area contributed by atoms with Gasteiger partial charge < -0.3 is 5.32 Å². The average Bonchev–Trinajstić information content (AvgIpc) is 3.12. The molecule has 0 aliphatic heterocycles. The molecule has 1 N–H and O–H groups in total. The lowest BCUT2D eigenvalue weighted by Crippen LogP contribution is -2.27. The van der Waals surface area contributed by atoms with Crippen molar-refractivity contribution in [3.05, 3.63) is 75.8 Å². The maximum absolute atomic E-state index is 12.9. The van der Waals surface area contributed by atoms with E-state index in [-0.39, 0.29) is 18.0 Å². The van der Waals surface area contributed by atoms with Gasteiger partial charge in [-0.2, -0.15) is 4.37 Å². The van der Waals surface area contributed by atoms with Crippen LogP contribution in [-0.2, 0) is 11.3 Å². The number of aromatic nitrogens is 3. The van der Waals surface area contributed by atoms with Gasteiger partial charge in [0.1, 0.15) is 22.5 Å². The molecule has 0 fully saturated rings. The molecular weight excluding hydrogens is 384 g/mol. The maximum Gasteiger partial charge on any atom is 0.273 e. The number of aryl methyl sites for hydroxylation is 3. The summed E-state index contributed by atoms with van der Waals surface area (Å²) in [5.41, 5.74) is 5.79. The Bertz CT molecular complexity index is 1250. The van der Waals surface area contributed by atoms with Gasteiger partial charge in [-0.3, -0.25) is 14.2 Å². The second kappa shape index (κ2) is 7.60. The van der Waals surface area contributed by atoms with E-state index >= 15 is 0 Å². The zero-order valence-corrected chi connectivity index (χ0v) is 17.2. The van der Waals surface area contributed by atoms with Crippen molar-refractivity contribution >= 4 is 33.3 Å². The van der Waals surface area contributed by atoms with Crippen LogP contribution in [0.4, 0.5) is 5.69 Å². The lowest BCUT2D eigenvalue weighted by Gasteiger charge is -2.12. The van der Waals surface area contributed by atoms with Gasteiger partial charge >= 0.3 is 0 Å². The normalized spacial score (nSPS) is 11.0. The molecule has 1 amide bonds. The number of para-hydroxylation sites is 1. The van der Waals surface area contributed by atoms with Gasteiger partial charge in [-0.05, 0) is 43.4 Å². The van der Waals surface area contributed by atoms with E-state index in [2.05, 4.69) is 14.7 Å². The standard InChI is InChI=1S/C22H20N4O2S/c1-13-7-9-16(10-8-13)19-20-21(29-25-19)22(28)26(12-23-20)11-17(27)24-18-14(2)5-4-6-15(18)3/h4-10,12H,11H2,1-3H3,(H,24,27). The van der Waals surface area contributed by atoms with E-state index in [1.807, 2.05) is 63.2 Å². The van der Waals surface area contributed by atoms with E-state index in [0.717, 1.165) is 39.5 Å². The average molecular weight is 404 g/mol. The summed E-state index contributed by atoms with van der Waals surface area (Å²) in [6, 6.07) is 13.8. The second-order valence-electron chi connectivity index (χ2n) is 7.07. The molecule has 0 radical (unpaired) electrons. The maximum atomic E-state index is 12.9. The highest BCUT2D eigenvalue weighted by atomic mass is 32.1. The molecule has 7 heteroatoms. The Morgan fingerprint density at radius 1 is 1.07 bits per heavy atom. The first-order chi connectivity index (χ1) is 13.9. The van der Waals surface area contributed by atoms with Crippen LogP contribution in [-0.4, -0.2) is 19.8 Å². The lowest BCUT2D eigenvalue weighted by atomic mass is 10.1. The minimum Gasteiger partial charge on any atom is -0.324 e. The molecule has 0 bridgehead atoms. The molecule has 6 nitrogen and oxygen atoms in total. The number of hydrogen-bond acceptors (Lipinski definition) is 5. The van der Waals surface area contributed by atoms with Crippen molar-refractivity contribution < 1.29 is 4.79 Å². The van der Waals surface area contributed by atoms with E-state index in [1.54, 1.807) is 0 Å². The van der Waals surface area contributed by atoms with Crippen LogP contribution in [0.3, 0.4) is 0 Å². The molecule has 146 valence electrons. The number of carbonyl (C=O) groups excluding carboxylic acids is 1. The number of carbonyl (C=O) groups is 1. The molecule has 4 aromatic rings. The topological polar surface area (TPSA) is 76.9 Å². The Morgan fingerprint density at radius 2 is 1.76 bits per heavy atom. The van der Waals surface area contributed by atoms with Crippen LogP contribution in [0.1, 0.15) is 16.7 Å². The molecule has 0 saturated heterocycles. The summed E-state index contributed by atoms with van der Waals surface area (Å²) in [6.07, 6.45) is 1.42. The first-order valence-electron chi connectivity index (χ1n) is 9.22. The molecule has 29 heavy (non-hydrogen) atoms. The van der Waals surface area contributed by atoms with E-state index in [4.69, 9.17) is 0 Å². The van der Waals surface area contributed by atoms with Crippen molar-refractivity contribution in [1.29, 1.82) is 0 Å². The number of nitrogens with one attached hydrogen (secondary N) is 1. The summed E-state index contributed by atoms with van der Waals surface area (Å²) in [4.78, 5) is 29.8. The Labute approximate surface area is 172 Å². The summed E-state index contributed by atoms with van der Waals surface area (Å²) in [6.45, 7) is 5.79. The fourth-order valence-electron chi connectivity index (χ4n) is 3.21. The Morgan fingerprint density at radius 3 is 2.45 bits per heavy atom. The predicted molar refractivity (Wildman–Crippen MR) is 116 cm³/mol. The van der Waals surface area contributed by atoms with Gasteiger partial charge in [0.05, 0.1) is 6.33 Å². The molecule has 2 heterocycles. The smallest absolute Gasteiger partial charge is 0.273 e. The highest BCUT2D eigenvalue weighted by molar-refractivity contribution is 7.13. The van der Waals surface area contributed by atoms with Gasteiger partial charge in [-0.15, -0.1) is 0 Å². The van der Waals surface area contributed by atoms with E-state index < -0.39 is 0 Å².